The molecule has 4 rings (SSSR count). The minimum atomic E-state index is -0.0200. The van der Waals surface area contributed by atoms with Crippen LogP contribution in [-0.4, -0.2) is 20.1 Å². The van der Waals surface area contributed by atoms with Crippen molar-refractivity contribution in [1.29, 1.82) is 0 Å². The van der Waals surface area contributed by atoms with Gasteiger partial charge in [0.15, 0.2) is 5.82 Å². The van der Waals surface area contributed by atoms with Crippen molar-refractivity contribution in [3.63, 3.8) is 0 Å². The van der Waals surface area contributed by atoms with E-state index < -0.39 is 0 Å². The molecule has 0 aliphatic heterocycles. The Hall–Kier alpha value is -3.27. The second-order valence-electron chi connectivity index (χ2n) is 5.71. The summed E-state index contributed by atoms with van der Waals surface area (Å²) in [5, 5.41) is 11.0. The lowest BCUT2D eigenvalue weighted by atomic mass is 10.0. The van der Waals surface area contributed by atoms with Gasteiger partial charge in [-0.3, -0.25) is 4.98 Å². The minimum Gasteiger partial charge on any atom is -0.493 e. The number of fused-ring (bicyclic) bond motifs is 1. The topological polar surface area (TPSA) is 58.9 Å². The number of nitrogens with zero attached hydrogens (tertiary/aromatic N) is 3. The fourth-order valence-electron chi connectivity index (χ4n) is 2.74. The van der Waals surface area contributed by atoms with Crippen LogP contribution in [0, 0.1) is 6.92 Å². The highest BCUT2D eigenvalue weighted by Gasteiger charge is 2.10. The molecule has 24 heavy (non-hydrogen) atoms. The van der Waals surface area contributed by atoms with Crippen LogP contribution in [0.5, 0.6) is 5.88 Å². The van der Waals surface area contributed by atoms with Crippen LogP contribution in [0.3, 0.4) is 0 Å². The van der Waals surface area contributed by atoms with Crippen molar-refractivity contribution in [2.24, 2.45) is 0 Å². The van der Waals surface area contributed by atoms with Crippen LogP contribution in [0.1, 0.15) is 5.56 Å². The minimum absolute atomic E-state index is 0.0200. The Morgan fingerprint density at radius 3 is 2.46 bits per heavy atom. The third-order valence-electron chi connectivity index (χ3n) is 3.95. The van der Waals surface area contributed by atoms with Gasteiger partial charge in [-0.2, -0.15) is 4.98 Å². The van der Waals surface area contributed by atoms with Crippen LogP contribution >= 0.6 is 0 Å². The van der Waals surface area contributed by atoms with E-state index in [0.717, 1.165) is 16.7 Å². The summed E-state index contributed by atoms with van der Waals surface area (Å²) in [5.74, 6) is 0.449. The maximum atomic E-state index is 10.4. The van der Waals surface area contributed by atoms with Gasteiger partial charge in [-0.15, -0.1) is 0 Å². The Balaban J connectivity index is 1.85. The smallest absolute Gasteiger partial charge is 0.222 e. The first-order chi connectivity index (χ1) is 11.7. The molecule has 0 radical (unpaired) electrons. The first-order valence-corrected chi connectivity index (χ1v) is 7.69. The van der Waals surface area contributed by atoms with Gasteiger partial charge in [0.1, 0.15) is 0 Å². The predicted octanol–water partition coefficient (Wildman–Crippen LogP) is 4.37. The van der Waals surface area contributed by atoms with Crippen LogP contribution in [-0.2, 0) is 0 Å². The molecule has 2 heterocycles. The van der Waals surface area contributed by atoms with E-state index in [1.54, 1.807) is 12.4 Å². The first kappa shape index (κ1) is 14.3. The average molecular weight is 313 g/mol. The number of aromatic nitrogens is 3. The third kappa shape index (κ3) is 2.58. The monoisotopic (exact) mass is 313 g/mol. The maximum absolute atomic E-state index is 10.4. The van der Waals surface area contributed by atoms with E-state index in [4.69, 9.17) is 0 Å². The van der Waals surface area contributed by atoms with E-state index in [0.29, 0.717) is 16.7 Å². The van der Waals surface area contributed by atoms with Crippen molar-refractivity contribution in [1.82, 2.24) is 15.0 Å². The molecular weight excluding hydrogens is 298 g/mol. The summed E-state index contributed by atoms with van der Waals surface area (Å²) in [5.41, 5.74) is 4.81. The first-order valence-electron chi connectivity index (χ1n) is 7.69. The van der Waals surface area contributed by atoms with Crippen molar-refractivity contribution in [2.75, 3.05) is 0 Å². The number of aryl methyl sites for hydroxylation is 1. The molecule has 0 atom stereocenters. The zero-order chi connectivity index (χ0) is 16.5. The molecule has 4 aromatic rings. The normalized spacial score (nSPS) is 10.9. The van der Waals surface area contributed by atoms with Gasteiger partial charge in [-0.05, 0) is 42.3 Å². The van der Waals surface area contributed by atoms with Gasteiger partial charge in [-0.1, -0.05) is 35.9 Å². The summed E-state index contributed by atoms with van der Waals surface area (Å²) >= 11 is 0. The molecule has 0 fully saturated rings. The molecule has 0 aliphatic carbocycles. The highest BCUT2D eigenvalue weighted by Crippen LogP contribution is 2.30. The molecule has 0 aliphatic rings. The van der Waals surface area contributed by atoms with Gasteiger partial charge < -0.3 is 5.11 Å². The fraction of sp³-hybridized carbons (Fsp3) is 0.0500. The van der Waals surface area contributed by atoms with Crippen LogP contribution in [0.25, 0.3) is 33.4 Å². The lowest BCUT2D eigenvalue weighted by Crippen LogP contribution is -1.92. The number of rotatable bonds is 2. The summed E-state index contributed by atoms with van der Waals surface area (Å²) in [6, 6.07) is 17.8. The number of aromatic hydroxyl groups is 1. The highest BCUT2D eigenvalue weighted by atomic mass is 16.3. The molecule has 0 spiro atoms. The van der Waals surface area contributed by atoms with E-state index in [1.807, 2.05) is 36.4 Å². The number of benzene rings is 2. The Labute approximate surface area is 139 Å². The Kier molecular flexibility index (Phi) is 3.43. The number of hydrogen-bond donors (Lipinski definition) is 1. The molecule has 0 unspecified atom stereocenters. The zero-order valence-electron chi connectivity index (χ0n) is 13.1. The van der Waals surface area contributed by atoms with E-state index in [9.17, 15) is 5.11 Å². The largest absolute Gasteiger partial charge is 0.493 e. The molecule has 1 N–H and O–H groups in total. The van der Waals surface area contributed by atoms with Crippen LogP contribution in [0.2, 0.25) is 0 Å². The summed E-state index contributed by atoms with van der Waals surface area (Å²) in [6.45, 7) is 2.06. The Morgan fingerprint density at radius 1 is 0.833 bits per heavy atom. The lowest BCUT2D eigenvalue weighted by molar-refractivity contribution is 0.460. The SMILES string of the molecule is Cc1cccc(-c2ccc3nc(-c4cccnc4)nc(O)c3c2)c1. The summed E-state index contributed by atoms with van der Waals surface area (Å²) < 4.78 is 0. The second kappa shape index (κ2) is 5.74. The molecular formula is C20H15N3O. The molecule has 4 nitrogen and oxygen atoms in total. The van der Waals surface area contributed by atoms with Gasteiger partial charge >= 0.3 is 0 Å². The maximum Gasteiger partial charge on any atom is 0.222 e. The van der Waals surface area contributed by atoms with Crippen LogP contribution in [0.15, 0.2) is 67.0 Å². The molecule has 2 aromatic heterocycles. The second-order valence-corrected chi connectivity index (χ2v) is 5.71. The van der Waals surface area contributed by atoms with Crippen LogP contribution in [0.4, 0.5) is 0 Å². The average Bonchev–Trinajstić information content (AvgIpc) is 2.62. The van der Waals surface area contributed by atoms with Gasteiger partial charge in [0, 0.05) is 18.0 Å². The zero-order valence-corrected chi connectivity index (χ0v) is 13.1. The molecule has 4 heteroatoms. The van der Waals surface area contributed by atoms with Gasteiger partial charge in [0.2, 0.25) is 5.88 Å². The van der Waals surface area contributed by atoms with Crippen molar-refractivity contribution in [2.45, 2.75) is 6.92 Å². The van der Waals surface area contributed by atoms with Crippen molar-refractivity contribution in [3.05, 3.63) is 72.6 Å². The van der Waals surface area contributed by atoms with Gasteiger partial charge in [0.25, 0.3) is 0 Å². The van der Waals surface area contributed by atoms with E-state index in [1.165, 1.54) is 5.56 Å². The summed E-state index contributed by atoms with van der Waals surface area (Å²) in [4.78, 5) is 12.8. The Morgan fingerprint density at radius 2 is 1.67 bits per heavy atom. The fourth-order valence-corrected chi connectivity index (χ4v) is 2.74. The van der Waals surface area contributed by atoms with E-state index >= 15 is 0 Å². The molecule has 116 valence electrons. The van der Waals surface area contributed by atoms with Crippen molar-refractivity contribution >= 4 is 10.9 Å². The Bertz CT molecular complexity index is 1030. The van der Waals surface area contributed by atoms with Crippen LogP contribution < -0.4 is 0 Å². The quantitative estimate of drug-likeness (QED) is 0.597. The third-order valence-corrected chi connectivity index (χ3v) is 3.95. The molecule has 0 bridgehead atoms. The highest BCUT2D eigenvalue weighted by molar-refractivity contribution is 5.89. The lowest BCUT2D eigenvalue weighted by Gasteiger charge is -2.07. The standard InChI is InChI=1S/C20H15N3O/c1-13-4-2-5-14(10-13)15-7-8-18-17(11-15)20(24)23-19(22-18)16-6-3-9-21-12-16/h2-12H,1H3,(H,22,23,24). The molecule has 2 aromatic carbocycles. The van der Waals surface area contributed by atoms with Gasteiger partial charge in [0.05, 0.1) is 10.9 Å². The number of hydrogen-bond acceptors (Lipinski definition) is 4. The van der Waals surface area contributed by atoms with Crippen molar-refractivity contribution in [3.8, 4) is 28.4 Å². The van der Waals surface area contributed by atoms with E-state index in [2.05, 4.69) is 40.1 Å². The molecule has 0 saturated heterocycles. The number of pyridine rings is 1. The predicted molar refractivity (Wildman–Crippen MR) is 94.6 cm³/mol. The van der Waals surface area contributed by atoms with E-state index in [-0.39, 0.29) is 5.88 Å². The summed E-state index contributed by atoms with van der Waals surface area (Å²) in [7, 11) is 0. The van der Waals surface area contributed by atoms with Gasteiger partial charge in [-0.25, -0.2) is 4.98 Å². The summed E-state index contributed by atoms with van der Waals surface area (Å²) in [6.07, 6.45) is 3.38. The molecule has 0 amide bonds. The molecule has 0 saturated carbocycles. The van der Waals surface area contributed by atoms with Crippen molar-refractivity contribution < 1.29 is 5.11 Å².